The number of nitrogens with zero attached hydrogens (tertiary/aromatic N) is 3. The lowest BCUT2D eigenvalue weighted by Crippen LogP contribution is -2.48. The van der Waals surface area contributed by atoms with E-state index in [4.69, 9.17) is 9.47 Å². The molecule has 0 saturated carbocycles. The van der Waals surface area contributed by atoms with Crippen molar-refractivity contribution >= 4 is 11.6 Å². The molecule has 1 atom stereocenters. The maximum Gasteiger partial charge on any atom is 0.254 e. The fourth-order valence-corrected chi connectivity index (χ4v) is 3.40. The standard InChI is InChI=1S/C20H23N3O4/c24-17-3-1-16(2-4-17)22-8-10-23(11-9-22)20(25)15-5-7-21-19(13-15)27-18-6-12-26-14-18/h1-5,7,13,18,24H,6,8-12,14H2. The van der Waals surface area contributed by atoms with Crippen LogP contribution in [0.5, 0.6) is 11.6 Å². The van der Waals surface area contributed by atoms with Crippen molar-refractivity contribution in [2.45, 2.75) is 12.5 Å². The van der Waals surface area contributed by atoms with E-state index >= 15 is 0 Å². The van der Waals surface area contributed by atoms with Crippen LogP contribution in [0.25, 0.3) is 0 Å². The highest BCUT2D eigenvalue weighted by molar-refractivity contribution is 5.94. The number of ether oxygens (including phenoxy) is 2. The van der Waals surface area contributed by atoms with Gasteiger partial charge in [-0.3, -0.25) is 4.79 Å². The second-order valence-electron chi connectivity index (χ2n) is 6.78. The quantitative estimate of drug-likeness (QED) is 0.888. The first-order valence-corrected chi connectivity index (χ1v) is 9.23. The van der Waals surface area contributed by atoms with Crippen LogP contribution in [0.3, 0.4) is 0 Å². The minimum Gasteiger partial charge on any atom is -0.508 e. The molecule has 1 N–H and O–H groups in total. The number of phenolic OH excluding ortho intramolecular Hbond substituents is 1. The maximum absolute atomic E-state index is 12.8. The zero-order valence-electron chi connectivity index (χ0n) is 15.1. The number of rotatable bonds is 4. The highest BCUT2D eigenvalue weighted by Gasteiger charge is 2.23. The third-order valence-electron chi connectivity index (χ3n) is 4.94. The Morgan fingerprint density at radius 3 is 2.63 bits per heavy atom. The normalized spacial score (nSPS) is 19.9. The molecule has 2 saturated heterocycles. The van der Waals surface area contributed by atoms with E-state index in [1.54, 1.807) is 30.5 Å². The largest absolute Gasteiger partial charge is 0.508 e. The van der Waals surface area contributed by atoms with E-state index in [9.17, 15) is 9.90 Å². The number of hydrogen-bond acceptors (Lipinski definition) is 6. The van der Waals surface area contributed by atoms with Gasteiger partial charge in [-0.05, 0) is 30.3 Å². The number of piperazine rings is 1. The fraction of sp³-hybridized carbons (Fsp3) is 0.400. The third kappa shape index (κ3) is 4.14. The van der Waals surface area contributed by atoms with Gasteiger partial charge in [0, 0.05) is 56.1 Å². The predicted molar refractivity (Wildman–Crippen MR) is 100 cm³/mol. The van der Waals surface area contributed by atoms with Crippen molar-refractivity contribution in [1.29, 1.82) is 0 Å². The molecule has 4 rings (SSSR count). The van der Waals surface area contributed by atoms with Crippen LogP contribution >= 0.6 is 0 Å². The van der Waals surface area contributed by atoms with E-state index in [-0.39, 0.29) is 17.8 Å². The van der Waals surface area contributed by atoms with E-state index in [2.05, 4.69) is 9.88 Å². The van der Waals surface area contributed by atoms with Crippen molar-refractivity contribution in [2.75, 3.05) is 44.3 Å². The van der Waals surface area contributed by atoms with Gasteiger partial charge < -0.3 is 24.4 Å². The van der Waals surface area contributed by atoms with Gasteiger partial charge in [0.2, 0.25) is 5.88 Å². The lowest BCUT2D eigenvalue weighted by Gasteiger charge is -2.36. The van der Waals surface area contributed by atoms with Crippen LogP contribution in [0, 0.1) is 0 Å². The molecular weight excluding hydrogens is 346 g/mol. The summed E-state index contributed by atoms with van der Waals surface area (Å²) in [5, 5.41) is 9.41. The molecule has 2 aliphatic heterocycles. The van der Waals surface area contributed by atoms with Crippen LogP contribution in [0.2, 0.25) is 0 Å². The molecule has 2 aliphatic rings. The summed E-state index contributed by atoms with van der Waals surface area (Å²) < 4.78 is 11.1. The van der Waals surface area contributed by atoms with Gasteiger partial charge in [0.15, 0.2) is 0 Å². The van der Waals surface area contributed by atoms with Gasteiger partial charge in [-0.1, -0.05) is 0 Å². The molecule has 0 spiro atoms. The summed E-state index contributed by atoms with van der Waals surface area (Å²) >= 11 is 0. The monoisotopic (exact) mass is 369 g/mol. The number of aromatic nitrogens is 1. The number of amides is 1. The van der Waals surface area contributed by atoms with Crippen molar-refractivity contribution in [3.8, 4) is 11.6 Å². The van der Waals surface area contributed by atoms with E-state index < -0.39 is 0 Å². The van der Waals surface area contributed by atoms with Crippen molar-refractivity contribution in [2.24, 2.45) is 0 Å². The Morgan fingerprint density at radius 1 is 1.15 bits per heavy atom. The Balaban J connectivity index is 1.36. The van der Waals surface area contributed by atoms with Crippen molar-refractivity contribution in [1.82, 2.24) is 9.88 Å². The number of aromatic hydroxyl groups is 1. The Hall–Kier alpha value is -2.80. The first-order chi connectivity index (χ1) is 13.2. The van der Waals surface area contributed by atoms with Gasteiger partial charge in [0.1, 0.15) is 11.9 Å². The molecule has 7 nitrogen and oxygen atoms in total. The molecule has 0 aliphatic carbocycles. The summed E-state index contributed by atoms with van der Waals surface area (Å²) in [6.45, 7) is 4.08. The molecule has 1 unspecified atom stereocenters. The number of carbonyl (C=O) groups is 1. The average molecular weight is 369 g/mol. The molecule has 0 radical (unpaired) electrons. The first-order valence-electron chi connectivity index (χ1n) is 9.23. The Morgan fingerprint density at radius 2 is 1.93 bits per heavy atom. The first kappa shape index (κ1) is 17.6. The van der Waals surface area contributed by atoms with Crippen molar-refractivity contribution < 1.29 is 19.4 Å². The van der Waals surface area contributed by atoms with Crippen LogP contribution in [0.4, 0.5) is 5.69 Å². The fourth-order valence-electron chi connectivity index (χ4n) is 3.40. The van der Waals surface area contributed by atoms with Gasteiger partial charge in [-0.15, -0.1) is 0 Å². The number of hydrogen-bond donors (Lipinski definition) is 1. The molecule has 142 valence electrons. The number of benzene rings is 1. The van der Waals surface area contributed by atoms with Gasteiger partial charge in [-0.2, -0.15) is 0 Å². The van der Waals surface area contributed by atoms with E-state index in [0.717, 1.165) is 25.2 Å². The summed E-state index contributed by atoms with van der Waals surface area (Å²) in [5.74, 6) is 0.724. The van der Waals surface area contributed by atoms with Crippen molar-refractivity contribution in [3.05, 3.63) is 48.2 Å². The summed E-state index contributed by atoms with van der Waals surface area (Å²) in [6.07, 6.45) is 2.47. The Bertz CT molecular complexity index is 782. The molecule has 1 aromatic carbocycles. The lowest BCUT2D eigenvalue weighted by molar-refractivity contribution is 0.0745. The van der Waals surface area contributed by atoms with Crippen LogP contribution in [-0.4, -0.2) is 66.4 Å². The SMILES string of the molecule is O=C(c1ccnc(OC2CCOC2)c1)N1CCN(c2ccc(O)cc2)CC1. The zero-order valence-corrected chi connectivity index (χ0v) is 15.1. The minimum atomic E-state index is -0.00437. The van der Waals surface area contributed by atoms with Crippen LogP contribution in [0.15, 0.2) is 42.6 Å². The third-order valence-corrected chi connectivity index (χ3v) is 4.94. The highest BCUT2D eigenvalue weighted by Crippen LogP contribution is 2.21. The Labute approximate surface area is 158 Å². The van der Waals surface area contributed by atoms with Gasteiger partial charge in [0.25, 0.3) is 5.91 Å². The second-order valence-corrected chi connectivity index (χ2v) is 6.78. The minimum absolute atomic E-state index is 0.00437. The zero-order chi connectivity index (χ0) is 18.6. The number of phenols is 1. The Kier molecular flexibility index (Phi) is 5.11. The number of carbonyl (C=O) groups excluding carboxylic acids is 1. The van der Waals surface area contributed by atoms with Gasteiger partial charge in [-0.25, -0.2) is 4.98 Å². The van der Waals surface area contributed by atoms with E-state index in [1.165, 1.54) is 0 Å². The molecule has 1 aromatic heterocycles. The van der Waals surface area contributed by atoms with Crippen LogP contribution < -0.4 is 9.64 Å². The highest BCUT2D eigenvalue weighted by atomic mass is 16.5. The summed E-state index contributed by atoms with van der Waals surface area (Å²) in [6, 6.07) is 10.6. The number of anilines is 1. The molecule has 7 heteroatoms. The predicted octanol–water partition coefficient (Wildman–Crippen LogP) is 1.92. The molecule has 27 heavy (non-hydrogen) atoms. The van der Waals surface area contributed by atoms with Gasteiger partial charge >= 0.3 is 0 Å². The van der Waals surface area contributed by atoms with E-state index in [0.29, 0.717) is 37.7 Å². The molecule has 1 amide bonds. The smallest absolute Gasteiger partial charge is 0.254 e. The second kappa shape index (κ2) is 7.84. The number of pyridine rings is 1. The summed E-state index contributed by atoms with van der Waals surface area (Å²) in [4.78, 5) is 21.1. The lowest BCUT2D eigenvalue weighted by atomic mass is 10.2. The van der Waals surface area contributed by atoms with Crippen LogP contribution in [0.1, 0.15) is 16.8 Å². The summed E-state index contributed by atoms with van der Waals surface area (Å²) in [7, 11) is 0. The average Bonchev–Trinajstić information content (AvgIpc) is 3.21. The van der Waals surface area contributed by atoms with Crippen LogP contribution in [-0.2, 0) is 4.74 Å². The van der Waals surface area contributed by atoms with E-state index in [1.807, 2.05) is 17.0 Å². The topological polar surface area (TPSA) is 75.1 Å². The molecule has 2 aromatic rings. The summed E-state index contributed by atoms with van der Waals surface area (Å²) in [5.41, 5.74) is 1.65. The molecular formula is C20H23N3O4. The molecule has 2 fully saturated rings. The van der Waals surface area contributed by atoms with Crippen molar-refractivity contribution in [3.63, 3.8) is 0 Å². The maximum atomic E-state index is 12.8. The van der Waals surface area contributed by atoms with Gasteiger partial charge in [0.05, 0.1) is 13.2 Å². The molecule has 0 bridgehead atoms. The molecule has 3 heterocycles.